The highest BCUT2D eigenvalue weighted by Gasteiger charge is 2.27. The smallest absolute Gasteiger partial charge is 0.241 e. The Labute approximate surface area is 224 Å². The van der Waals surface area contributed by atoms with E-state index in [9.17, 15) is 8.42 Å². The molecule has 0 radical (unpaired) electrons. The Balaban J connectivity index is 1.18. The van der Waals surface area contributed by atoms with Gasteiger partial charge in [0.15, 0.2) is 0 Å². The zero-order valence-electron chi connectivity index (χ0n) is 22.0. The second-order valence-corrected chi connectivity index (χ2v) is 12.0. The minimum Gasteiger partial charge on any atom is -0.368 e. The molecule has 4 aromatic rings. The molecule has 8 nitrogen and oxygen atoms in total. The summed E-state index contributed by atoms with van der Waals surface area (Å²) in [5.41, 5.74) is 0.906. The molecular formula is C29H36N6O2S. The largest absolute Gasteiger partial charge is 0.368 e. The fraction of sp³-hybridized carbons (Fsp3) is 0.379. The maximum atomic E-state index is 13.2. The van der Waals surface area contributed by atoms with Gasteiger partial charge in [-0.25, -0.2) is 18.1 Å². The third-order valence-electron chi connectivity index (χ3n) is 7.21. The first-order valence-electron chi connectivity index (χ1n) is 13.3. The summed E-state index contributed by atoms with van der Waals surface area (Å²) >= 11 is 0. The topological polar surface area (TPSA) is 99.2 Å². The van der Waals surface area contributed by atoms with Gasteiger partial charge < -0.3 is 15.5 Å². The molecule has 9 heteroatoms. The molecule has 0 unspecified atom stereocenters. The molecule has 0 atom stereocenters. The van der Waals surface area contributed by atoms with Crippen LogP contribution in [0.3, 0.4) is 0 Å². The number of aromatic nitrogens is 2. The van der Waals surface area contributed by atoms with Crippen LogP contribution in [0.4, 0.5) is 11.8 Å². The lowest BCUT2D eigenvalue weighted by atomic mass is 9.86. The van der Waals surface area contributed by atoms with Gasteiger partial charge in [0.25, 0.3) is 0 Å². The van der Waals surface area contributed by atoms with Crippen LogP contribution in [0.1, 0.15) is 25.7 Å². The van der Waals surface area contributed by atoms with Crippen molar-refractivity contribution in [3.63, 3.8) is 0 Å². The quantitative estimate of drug-likeness (QED) is 0.272. The highest BCUT2D eigenvalue weighted by Crippen LogP contribution is 2.28. The molecule has 3 aromatic carbocycles. The maximum absolute atomic E-state index is 13.2. The van der Waals surface area contributed by atoms with Gasteiger partial charge in [-0.3, -0.25) is 0 Å². The first-order valence-corrected chi connectivity index (χ1v) is 14.8. The van der Waals surface area contributed by atoms with Gasteiger partial charge in [0.2, 0.25) is 16.0 Å². The summed E-state index contributed by atoms with van der Waals surface area (Å²) in [6.45, 7) is 2.47. The molecule has 0 aliphatic heterocycles. The standard InChI is InChI=1S/C29H36N6O2S/c1-35(2)19-18-30-28-25-11-5-6-12-26(25)32-29(33-28)31-20-21-14-16-23(17-15-21)34-38(36,37)27-13-7-9-22-8-3-4-10-24(22)27/h3-13,21,23,34H,14-20H2,1-2H3,(H2,30,31,32,33). The molecule has 1 heterocycles. The number of likely N-dealkylation sites (N-methyl/N-ethyl adjacent to an activating group) is 1. The van der Waals surface area contributed by atoms with E-state index in [2.05, 4.69) is 34.4 Å². The van der Waals surface area contributed by atoms with Gasteiger partial charge in [0.05, 0.1) is 10.4 Å². The molecule has 0 bridgehead atoms. The van der Waals surface area contributed by atoms with Gasteiger partial charge in [-0.2, -0.15) is 4.98 Å². The van der Waals surface area contributed by atoms with Crippen molar-refractivity contribution in [1.29, 1.82) is 0 Å². The fourth-order valence-electron chi connectivity index (χ4n) is 5.12. The Morgan fingerprint density at radius 3 is 2.34 bits per heavy atom. The number of hydrogen-bond acceptors (Lipinski definition) is 7. The summed E-state index contributed by atoms with van der Waals surface area (Å²) in [4.78, 5) is 12.0. The SMILES string of the molecule is CN(C)CCNc1nc(NCC2CCC(NS(=O)(=O)c3cccc4ccccc34)CC2)nc2ccccc12. The van der Waals surface area contributed by atoms with E-state index in [0.717, 1.165) is 72.8 Å². The molecule has 38 heavy (non-hydrogen) atoms. The molecule has 5 rings (SSSR count). The van der Waals surface area contributed by atoms with E-state index in [0.29, 0.717) is 16.8 Å². The summed E-state index contributed by atoms with van der Waals surface area (Å²) < 4.78 is 29.4. The second-order valence-electron chi connectivity index (χ2n) is 10.3. The predicted octanol–water partition coefficient (Wildman–Crippen LogP) is 4.71. The van der Waals surface area contributed by atoms with E-state index in [1.165, 1.54) is 0 Å². The minimum absolute atomic E-state index is 0.0559. The summed E-state index contributed by atoms with van der Waals surface area (Å²) in [6, 6.07) is 21.0. The van der Waals surface area contributed by atoms with Crippen molar-refractivity contribution < 1.29 is 8.42 Å². The average molecular weight is 533 g/mol. The van der Waals surface area contributed by atoms with Crippen LogP contribution in [-0.2, 0) is 10.0 Å². The van der Waals surface area contributed by atoms with E-state index in [1.54, 1.807) is 12.1 Å². The second kappa shape index (κ2) is 11.6. The van der Waals surface area contributed by atoms with Crippen molar-refractivity contribution >= 4 is 43.5 Å². The van der Waals surface area contributed by atoms with Crippen LogP contribution in [0.5, 0.6) is 0 Å². The van der Waals surface area contributed by atoms with E-state index in [-0.39, 0.29) is 6.04 Å². The molecule has 1 fully saturated rings. The van der Waals surface area contributed by atoms with Gasteiger partial charge in [0, 0.05) is 36.4 Å². The molecular weight excluding hydrogens is 496 g/mol. The third-order valence-corrected chi connectivity index (χ3v) is 8.79. The number of sulfonamides is 1. The zero-order chi connectivity index (χ0) is 26.5. The van der Waals surface area contributed by atoms with Gasteiger partial charge in [-0.15, -0.1) is 0 Å². The Morgan fingerprint density at radius 1 is 0.842 bits per heavy atom. The molecule has 3 N–H and O–H groups in total. The summed E-state index contributed by atoms with van der Waals surface area (Å²) in [6.07, 6.45) is 3.51. The van der Waals surface area contributed by atoms with Crippen LogP contribution < -0.4 is 15.4 Å². The maximum Gasteiger partial charge on any atom is 0.241 e. The number of para-hydroxylation sites is 1. The molecule has 1 aliphatic carbocycles. The first kappa shape index (κ1) is 26.3. The number of hydrogen-bond donors (Lipinski definition) is 3. The van der Waals surface area contributed by atoms with Crippen LogP contribution in [0.25, 0.3) is 21.7 Å². The molecule has 1 aliphatic rings. The predicted molar refractivity (Wildman–Crippen MR) is 155 cm³/mol. The van der Waals surface area contributed by atoms with E-state index in [4.69, 9.17) is 9.97 Å². The Kier molecular flexibility index (Phi) is 8.06. The van der Waals surface area contributed by atoms with Crippen LogP contribution >= 0.6 is 0 Å². The van der Waals surface area contributed by atoms with Crippen molar-refractivity contribution in [3.05, 3.63) is 66.7 Å². The Hall–Kier alpha value is -3.27. The number of benzene rings is 3. The lowest BCUT2D eigenvalue weighted by Gasteiger charge is -2.29. The summed E-state index contributed by atoms with van der Waals surface area (Å²) in [5, 5.41) is 9.59. The van der Waals surface area contributed by atoms with E-state index in [1.807, 2.05) is 54.6 Å². The lowest BCUT2D eigenvalue weighted by Crippen LogP contribution is -2.38. The molecule has 200 valence electrons. The highest BCUT2D eigenvalue weighted by atomic mass is 32.2. The van der Waals surface area contributed by atoms with Crippen LogP contribution in [0.2, 0.25) is 0 Å². The van der Waals surface area contributed by atoms with E-state index < -0.39 is 10.0 Å². The summed E-state index contributed by atoms with van der Waals surface area (Å²) in [7, 11) is 0.510. The molecule has 0 spiro atoms. The molecule has 1 aromatic heterocycles. The summed E-state index contributed by atoms with van der Waals surface area (Å²) in [5.74, 6) is 1.90. The van der Waals surface area contributed by atoms with Gasteiger partial charge in [-0.1, -0.05) is 48.5 Å². The lowest BCUT2D eigenvalue weighted by molar-refractivity contribution is 0.324. The molecule has 0 amide bonds. The monoisotopic (exact) mass is 532 g/mol. The van der Waals surface area contributed by atoms with Crippen molar-refractivity contribution in [1.82, 2.24) is 19.6 Å². The van der Waals surface area contributed by atoms with Crippen LogP contribution in [0, 0.1) is 5.92 Å². The van der Waals surface area contributed by atoms with Gasteiger partial charge in [-0.05, 0) is 69.3 Å². The minimum atomic E-state index is -3.59. The Bertz CT molecular complexity index is 1490. The number of fused-ring (bicyclic) bond motifs is 2. The number of rotatable bonds is 10. The van der Waals surface area contributed by atoms with Gasteiger partial charge >= 0.3 is 0 Å². The van der Waals surface area contributed by atoms with Crippen molar-refractivity contribution in [2.45, 2.75) is 36.6 Å². The van der Waals surface area contributed by atoms with Crippen molar-refractivity contribution in [2.24, 2.45) is 5.92 Å². The highest BCUT2D eigenvalue weighted by molar-refractivity contribution is 7.89. The molecule has 1 saturated carbocycles. The third kappa shape index (κ3) is 6.23. The zero-order valence-corrected chi connectivity index (χ0v) is 22.8. The van der Waals surface area contributed by atoms with Crippen molar-refractivity contribution in [2.75, 3.05) is 44.4 Å². The molecule has 0 saturated heterocycles. The van der Waals surface area contributed by atoms with Crippen molar-refractivity contribution in [3.8, 4) is 0 Å². The van der Waals surface area contributed by atoms with Gasteiger partial charge in [0.1, 0.15) is 5.82 Å². The normalized spacial score (nSPS) is 18.2. The first-order chi connectivity index (χ1) is 18.4. The van der Waals surface area contributed by atoms with Crippen LogP contribution in [0.15, 0.2) is 71.6 Å². The van der Waals surface area contributed by atoms with Crippen LogP contribution in [-0.4, -0.2) is 63.1 Å². The number of nitrogens with zero attached hydrogens (tertiary/aromatic N) is 3. The fourth-order valence-corrected chi connectivity index (χ4v) is 6.66. The number of nitrogens with one attached hydrogen (secondary N) is 3. The number of anilines is 2. The average Bonchev–Trinajstić information content (AvgIpc) is 2.92. The van der Waals surface area contributed by atoms with E-state index >= 15 is 0 Å². The Morgan fingerprint density at radius 2 is 1.55 bits per heavy atom.